The first-order chi connectivity index (χ1) is 12.7. The number of nitrogens with zero attached hydrogens (tertiary/aromatic N) is 1. The maximum Gasteiger partial charge on any atom is 0.251 e. The number of hydrogen-bond acceptors (Lipinski definition) is 4. The molecule has 1 aliphatic rings. The molecule has 1 N–H and O–H groups in total. The lowest BCUT2D eigenvalue weighted by molar-refractivity contribution is 0.0479. The van der Waals surface area contributed by atoms with Crippen LogP contribution < -0.4 is 10.1 Å². The summed E-state index contributed by atoms with van der Waals surface area (Å²) in [6.07, 6.45) is 1.64. The molecule has 3 rings (SSSR count). The number of nitriles is 1. The van der Waals surface area contributed by atoms with Crippen molar-refractivity contribution >= 4 is 5.91 Å². The minimum atomic E-state index is -0.215. The Morgan fingerprint density at radius 3 is 2.54 bits per heavy atom. The zero-order valence-corrected chi connectivity index (χ0v) is 14.8. The molecule has 0 spiro atoms. The van der Waals surface area contributed by atoms with Gasteiger partial charge in [0.25, 0.3) is 5.91 Å². The smallest absolute Gasteiger partial charge is 0.251 e. The third-order valence-electron chi connectivity index (χ3n) is 4.99. The second-order valence-electron chi connectivity index (χ2n) is 6.46. The van der Waals surface area contributed by atoms with E-state index < -0.39 is 0 Å². The van der Waals surface area contributed by atoms with Gasteiger partial charge in [-0.15, -0.1) is 0 Å². The van der Waals surface area contributed by atoms with Crippen molar-refractivity contribution in [3.8, 4) is 11.8 Å². The third kappa shape index (κ3) is 3.71. The van der Waals surface area contributed by atoms with Crippen LogP contribution in [0.5, 0.6) is 5.75 Å². The number of hydrogen-bond donors (Lipinski definition) is 1. The standard InChI is InChI=1S/C21H22N2O3/c1-25-19-5-3-2-4-18(19)21(10-12-26-13-11-21)15-23-20(24)17-8-6-16(14-22)7-9-17/h2-9H,10-13,15H2,1H3,(H,23,24). The summed E-state index contributed by atoms with van der Waals surface area (Å²) in [4.78, 5) is 12.6. The number of benzene rings is 2. The summed E-state index contributed by atoms with van der Waals surface area (Å²) in [5.41, 5.74) is 1.97. The first-order valence-electron chi connectivity index (χ1n) is 8.68. The van der Waals surface area contributed by atoms with Gasteiger partial charge in [0.1, 0.15) is 5.75 Å². The molecule has 26 heavy (non-hydrogen) atoms. The van der Waals surface area contributed by atoms with Crippen molar-refractivity contribution in [3.63, 3.8) is 0 Å². The lowest BCUT2D eigenvalue weighted by Crippen LogP contribution is -2.44. The van der Waals surface area contributed by atoms with E-state index in [1.807, 2.05) is 18.2 Å². The highest BCUT2D eigenvalue weighted by atomic mass is 16.5. The predicted octanol–water partition coefficient (Wildman–Crippen LogP) is 3.05. The third-order valence-corrected chi connectivity index (χ3v) is 4.99. The van der Waals surface area contributed by atoms with Crippen LogP contribution in [0.4, 0.5) is 0 Å². The largest absolute Gasteiger partial charge is 0.496 e. The summed E-state index contributed by atoms with van der Waals surface area (Å²) in [5.74, 6) is 0.692. The Hall–Kier alpha value is -2.84. The minimum Gasteiger partial charge on any atom is -0.496 e. The fraction of sp³-hybridized carbons (Fsp3) is 0.333. The summed E-state index contributed by atoms with van der Waals surface area (Å²) in [7, 11) is 1.67. The summed E-state index contributed by atoms with van der Waals surface area (Å²) in [6.45, 7) is 1.82. The van der Waals surface area contributed by atoms with Crippen LogP contribution in [0.25, 0.3) is 0 Å². The first kappa shape index (κ1) is 18.0. The lowest BCUT2D eigenvalue weighted by Gasteiger charge is -2.38. The van der Waals surface area contributed by atoms with E-state index in [1.54, 1.807) is 31.4 Å². The van der Waals surface area contributed by atoms with Crippen LogP contribution in [-0.2, 0) is 10.2 Å². The molecular weight excluding hydrogens is 328 g/mol. The van der Waals surface area contributed by atoms with Crippen molar-refractivity contribution < 1.29 is 14.3 Å². The van der Waals surface area contributed by atoms with Gasteiger partial charge in [0, 0.05) is 36.3 Å². The number of amides is 1. The van der Waals surface area contributed by atoms with Crippen LogP contribution in [-0.4, -0.2) is 32.8 Å². The molecule has 2 aromatic rings. The average Bonchev–Trinajstić information content (AvgIpc) is 2.72. The molecule has 0 aromatic heterocycles. The molecule has 1 aliphatic heterocycles. The van der Waals surface area contributed by atoms with Crippen molar-refractivity contribution in [2.45, 2.75) is 18.3 Å². The molecule has 1 amide bonds. The maximum absolute atomic E-state index is 12.6. The molecule has 0 saturated carbocycles. The second kappa shape index (κ2) is 8.03. The van der Waals surface area contributed by atoms with Crippen LogP contribution in [0.3, 0.4) is 0 Å². The summed E-state index contributed by atoms with van der Waals surface area (Å²) in [5, 5.41) is 11.9. The van der Waals surface area contributed by atoms with Gasteiger partial charge in [-0.25, -0.2) is 0 Å². The van der Waals surface area contributed by atoms with Gasteiger partial charge in [-0.1, -0.05) is 18.2 Å². The van der Waals surface area contributed by atoms with E-state index >= 15 is 0 Å². The topological polar surface area (TPSA) is 71.3 Å². The molecule has 0 aliphatic carbocycles. The van der Waals surface area contributed by atoms with Crippen molar-refractivity contribution in [1.82, 2.24) is 5.32 Å². The Morgan fingerprint density at radius 2 is 1.88 bits per heavy atom. The van der Waals surface area contributed by atoms with Gasteiger partial charge < -0.3 is 14.8 Å². The Balaban J connectivity index is 1.80. The monoisotopic (exact) mass is 350 g/mol. The Bertz CT molecular complexity index is 803. The van der Waals surface area contributed by atoms with Crippen LogP contribution >= 0.6 is 0 Å². The number of para-hydroxylation sites is 1. The Kier molecular flexibility index (Phi) is 5.55. The van der Waals surface area contributed by atoms with Crippen molar-refractivity contribution in [3.05, 3.63) is 65.2 Å². The van der Waals surface area contributed by atoms with Crippen LogP contribution in [0.1, 0.15) is 34.3 Å². The van der Waals surface area contributed by atoms with E-state index in [9.17, 15) is 4.79 Å². The quantitative estimate of drug-likeness (QED) is 0.900. The van der Waals surface area contributed by atoms with Gasteiger partial charge in [0.2, 0.25) is 0 Å². The van der Waals surface area contributed by atoms with Crippen LogP contribution in [0.15, 0.2) is 48.5 Å². The van der Waals surface area contributed by atoms with E-state index in [4.69, 9.17) is 14.7 Å². The van der Waals surface area contributed by atoms with Crippen molar-refractivity contribution in [1.29, 1.82) is 5.26 Å². The number of rotatable bonds is 5. The van der Waals surface area contributed by atoms with Gasteiger partial charge in [0.05, 0.1) is 18.7 Å². The highest BCUT2D eigenvalue weighted by molar-refractivity contribution is 5.94. The fourth-order valence-electron chi connectivity index (χ4n) is 3.43. The molecule has 2 aromatic carbocycles. The molecule has 1 heterocycles. The van der Waals surface area contributed by atoms with Gasteiger partial charge in [-0.05, 0) is 43.2 Å². The molecule has 1 saturated heterocycles. The number of ether oxygens (including phenoxy) is 2. The molecule has 0 radical (unpaired) electrons. The highest BCUT2D eigenvalue weighted by Gasteiger charge is 2.37. The molecular formula is C21H22N2O3. The molecule has 5 nitrogen and oxygen atoms in total. The van der Waals surface area contributed by atoms with Crippen LogP contribution in [0, 0.1) is 11.3 Å². The van der Waals surface area contributed by atoms with E-state index in [0.717, 1.165) is 24.2 Å². The predicted molar refractivity (Wildman–Crippen MR) is 98.2 cm³/mol. The summed E-state index contributed by atoms with van der Waals surface area (Å²) >= 11 is 0. The van der Waals surface area contributed by atoms with Crippen LogP contribution in [0.2, 0.25) is 0 Å². The van der Waals surface area contributed by atoms with E-state index in [2.05, 4.69) is 17.5 Å². The lowest BCUT2D eigenvalue weighted by atomic mass is 9.73. The number of carbonyl (C=O) groups excluding carboxylic acids is 1. The molecule has 0 atom stereocenters. The average molecular weight is 350 g/mol. The fourth-order valence-corrected chi connectivity index (χ4v) is 3.43. The number of nitrogens with one attached hydrogen (secondary N) is 1. The minimum absolute atomic E-state index is 0.143. The van der Waals surface area contributed by atoms with Gasteiger partial charge >= 0.3 is 0 Å². The zero-order chi connectivity index (χ0) is 18.4. The summed E-state index contributed by atoms with van der Waals surface area (Å²) in [6, 6.07) is 16.7. The zero-order valence-electron chi connectivity index (χ0n) is 14.8. The molecule has 5 heteroatoms. The van der Waals surface area contributed by atoms with Gasteiger partial charge in [-0.3, -0.25) is 4.79 Å². The van der Waals surface area contributed by atoms with Gasteiger partial charge in [0.15, 0.2) is 0 Å². The summed E-state index contributed by atoms with van der Waals surface area (Å²) < 4.78 is 11.1. The van der Waals surface area contributed by atoms with E-state index in [0.29, 0.717) is 30.9 Å². The van der Waals surface area contributed by atoms with E-state index in [-0.39, 0.29) is 11.3 Å². The second-order valence-corrected chi connectivity index (χ2v) is 6.46. The molecule has 134 valence electrons. The molecule has 0 unspecified atom stereocenters. The first-order valence-corrected chi connectivity index (χ1v) is 8.68. The Labute approximate surface area is 153 Å². The Morgan fingerprint density at radius 1 is 1.19 bits per heavy atom. The maximum atomic E-state index is 12.6. The van der Waals surface area contributed by atoms with Crippen molar-refractivity contribution in [2.75, 3.05) is 26.9 Å². The van der Waals surface area contributed by atoms with Crippen molar-refractivity contribution in [2.24, 2.45) is 0 Å². The number of methoxy groups -OCH3 is 1. The normalized spacial score (nSPS) is 15.7. The highest BCUT2D eigenvalue weighted by Crippen LogP contribution is 2.39. The van der Waals surface area contributed by atoms with Gasteiger partial charge in [-0.2, -0.15) is 5.26 Å². The SMILES string of the molecule is COc1ccccc1C1(CNC(=O)c2ccc(C#N)cc2)CCOCC1. The van der Waals surface area contributed by atoms with E-state index in [1.165, 1.54) is 0 Å². The molecule has 0 bridgehead atoms. The molecule has 1 fully saturated rings. The number of carbonyl (C=O) groups is 1.